The Hall–Kier alpha value is -0.610. The lowest BCUT2D eigenvalue weighted by atomic mass is 10.2. The number of likely N-dealkylation sites (tertiary alicyclic amines) is 1. The number of pyridine rings is 1. The molecule has 3 nitrogen and oxygen atoms in total. The molecule has 1 aromatic rings. The van der Waals surface area contributed by atoms with E-state index in [4.69, 9.17) is 4.74 Å². The van der Waals surface area contributed by atoms with Gasteiger partial charge in [-0.2, -0.15) is 0 Å². The SMILES string of the molecule is CN1CCC[C@H]1COc1cnccc1Br. The Morgan fingerprint density at radius 2 is 2.53 bits per heavy atom. The molecule has 1 aliphatic heterocycles. The van der Waals surface area contributed by atoms with Crippen molar-refractivity contribution in [2.75, 3.05) is 20.2 Å². The zero-order valence-electron chi connectivity index (χ0n) is 8.82. The van der Waals surface area contributed by atoms with E-state index in [1.165, 1.54) is 19.4 Å². The van der Waals surface area contributed by atoms with Gasteiger partial charge in [0.05, 0.1) is 10.7 Å². The molecule has 0 bridgehead atoms. The topological polar surface area (TPSA) is 25.4 Å². The highest BCUT2D eigenvalue weighted by Crippen LogP contribution is 2.24. The summed E-state index contributed by atoms with van der Waals surface area (Å²) in [5.74, 6) is 0.831. The summed E-state index contributed by atoms with van der Waals surface area (Å²) in [4.78, 5) is 6.39. The Morgan fingerprint density at radius 3 is 3.20 bits per heavy atom. The zero-order valence-corrected chi connectivity index (χ0v) is 10.4. The van der Waals surface area contributed by atoms with E-state index in [-0.39, 0.29) is 0 Å². The normalized spacial score (nSPS) is 21.9. The second-order valence-corrected chi connectivity index (χ2v) is 4.75. The first-order chi connectivity index (χ1) is 7.27. The van der Waals surface area contributed by atoms with Crippen LogP contribution in [0.15, 0.2) is 22.9 Å². The largest absolute Gasteiger partial charge is 0.489 e. The first-order valence-corrected chi connectivity index (χ1v) is 5.99. The average molecular weight is 271 g/mol. The molecule has 1 aromatic heterocycles. The molecule has 4 heteroatoms. The smallest absolute Gasteiger partial charge is 0.151 e. The fourth-order valence-electron chi connectivity index (χ4n) is 1.85. The van der Waals surface area contributed by atoms with Crippen molar-refractivity contribution in [1.29, 1.82) is 0 Å². The van der Waals surface area contributed by atoms with Crippen LogP contribution >= 0.6 is 15.9 Å². The van der Waals surface area contributed by atoms with Gasteiger partial charge in [-0.3, -0.25) is 4.98 Å². The lowest BCUT2D eigenvalue weighted by Crippen LogP contribution is -2.30. The molecule has 0 radical (unpaired) electrons. The molecule has 0 amide bonds. The monoisotopic (exact) mass is 270 g/mol. The molecule has 2 heterocycles. The fourth-order valence-corrected chi connectivity index (χ4v) is 2.18. The van der Waals surface area contributed by atoms with E-state index in [0.29, 0.717) is 6.04 Å². The first kappa shape index (κ1) is 10.9. The molecule has 0 unspecified atom stereocenters. The molecule has 82 valence electrons. The number of rotatable bonds is 3. The number of nitrogens with zero attached hydrogens (tertiary/aromatic N) is 2. The second-order valence-electron chi connectivity index (χ2n) is 3.89. The number of aromatic nitrogens is 1. The molecule has 1 saturated heterocycles. The number of hydrogen-bond acceptors (Lipinski definition) is 3. The molecule has 15 heavy (non-hydrogen) atoms. The van der Waals surface area contributed by atoms with Crippen molar-refractivity contribution in [3.8, 4) is 5.75 Å². The van der Waals surface area contributed by atoms with Crippen LogP contribution in [0.3, 0.4) is 0 Å². The summed E-state index contributed by atoms with van der Waals surface area (Å²) in [5, 5.41) is 0. The zero-order chi connectivity index (χ0) is 10.7. The van der Waals surface area contributed by atoms with Gasteiger partial charge in [0.25, 0.3) is 0 Å². The van der Waals surface area contributed by atoms with Crippen molar-refractivity contribution in [3.05, 3.63) is 22.9 Å². The van der Waals surface area contributed by atoms with Crippen LogP contribution in [0.2, 0.25) is 0 Å². The first-order valence-electron chi connectivity index (χ1n) is 5.20. The summed E-state index contributed by atoms with van der Waals surface area (Å²) in [6.07, 6.45) is 6.00. The Bertz CT molecular complexity index is 332. The molecular formula is C11H15BrN2O. The third kappa shape index (κ3) is 2.69. The molecule has 0 spiro atoms. The third-order valence-electron chi connectivity index (χ3n) is 2.84. The summed E-state index contributed by atoms with van der Waals surface area (Å²) in [5.41, 5.74) is 0. The van der Waals surface area contributed by atoms with Crippen LogP contribution in [-0.4, -0.2) is 36.1 Å². The molecule has 0 aromatic carbocycles. The van der Waals surface area contributed by atoms with Crippen LogP contribution in [0.1, 0.15) is 12.8 Å². The van der Waals surface area contributed by atoms with Crippen LogP contribution in [0.25, 0.3) is 0 Å². The number of halogens is 1. The van der Waals surface area contributed by atoms with Gasteiger partial charge in [0.1, 0.15) is 6.61 Å². The van der Waals surface area contributed by atoms with E-state index in [1.807, 2.05) is 6.07 Å². The lowest BCUT2D eigenvalue weighted by Gasteiger charge is -2.19. The quantitative estimate of drug-likeness (QED) is 0.843. The van der Waals surface area contributed by atoms with Crippen molar-refractivity contribution in [3.63, 3.8) is 0 Å². The van der Waals surface area contributed by atoms with Crippen LogP contribution in [0.4, 0.5) is 0 Å². The predicted octanol–water partition coefficient (Wildman–Crippen LogP) is 2.32. The van der Waals surface area contributed by atoms with Crippen LogP contribution in [-0.2, 0) is 0 Å². The number of likely N-dealkylation sites (N-methyl/N-ethyl adjacent to an activating group) is 1. The van der Waals surface area contributed by atoms with Crippen LogP contribution in [0, 0.1) is 0 Å². The van der Waals surface area contributed by atoms with Crippen molar-refractivity contribution in [1.82, 2.24) is 9.88 Å². The molecular weight excluding hydrogens is 256 g/mol. The summed E-state index contributed by atoms with van der Waals surface area (Å²) < 4.78 is 6.71. The highest BCUT2D eigenvalue weighted by molar-refractivity contribution is 9.10. The molecule has 0 N–H and O–H groups in total. The minimum absolute atomic E-state index is 0.553. The summed E-state index contributed by atoms with van der Waals surface area (Å²) in [7, 11) is 2.15. The molecule has 2 rings (SSSR count). The van der Waals surface area contributed by atoms with Gasteiger partial charge in [-0.25, -0.2) is 0 Å². The van der Waals surface area contributed by atoms with Gasteiger partial charge < -0.3 is 9.64 Å². The number of ether oxygens (including phenoxy) is 1. The standard InChI is InChI=1S/C11H15BrN2O/c1-14-6-2-3-9(14)8-15-11-7-13-5-4-10(11)12/h4-5,7,9H,2-3,6,8H2,1H3/t9-/m0/s1. The van der Waals surface area contributed by atoms with Gasteiger partial charge in [0, 0.05) is 12.2 Å². The van der Waals surface area contributed by atoms with Gasteiger partial charge in [-0.05, 0) is 48.4 Å². The minimum atomic E-state index is 0.553. The summed E-state index contributed by atoms with van der Waals surface area (Å²) >= 11 is 3.44. The second kappa shape index (κ2) is 4.94. The summed E-state index contributed by atoms with van der Waals surface area (Å²) in [6.45, 7) is 1.93. The lowest BCUT2D eigenvalue weighted by molar-refractivity contribution is 0.197. The van der Waals surface area contributed by atoms with Gasteiger partial charge in [0.15, 0.2) is 5.75 Å². The summed E-state index contributed by atoms with van der Waals surface area (Å²) in [6, 6.07) is 2.45. The fraction of sp³-hybridized carbons (Fsp3) is 0.545. The highest BCUT2D eigenvalue weighted by atomic mass is 79.9. The van der Waals surface area contributed by atoms with Gasteiger partial charge in [-0.15, -0.1) is 0 Å². The van der Waals surface area contributed by atoms with Crippen molar-refractivity contribution in [2.24, 2.45) is 0 Å². The third-order valence-corrected chi connectivity index (χ3v) is 3.49. The molecule has 0 aliphatic carbocycles. The highest BCUT2D eigenvalue weighted by Gasteiger charge is 2.21. The molecule has 1 atom stereocenters. The van der Waals surface area contributed by atoms with E-state index in [1.54, 1.807) is 12.4 Å². The van der Waals surface area contributed by atoms with E-state index in [0.717, 1.165) is 16.8 Å². The Morgan fingerprint density at radius 1 is 1.67 bits per heavy atom. The van der Waals surface area contributed by atoms with Gasteiger partial charge >= 0.3 is 0 Å². The van der Waals surface area contributed by atoms with Gasteiger partial charge in [0.2, 0.25) is 0 Å². The van der Waals surface area contributed by atoms with E-state index < -0.39 is 0 Å². The van der Waals surface area contributed by atoms with Crippen LogP contribution < -0.4 is 4.74 Å². The maximum absolute atomic E-state index is 5.74. The van der Waals surface area contributed by atoms with Crippen molar-refractivity contribution >= 4 is 15.9 Å². The Labute approximate surface area is 98.6 Å². The van der Waals surface area contributed by atoms with E-state index in [9.17, 15) is 0 Å². The molecule has 0 saturated carbocycles. The Kier molecular flexibility index (Phi) is 3.59. The van der Waals surface area contributed by atoms with Gasteiger partial charge in [-0.1, -0.05) is 0 Å². The molecule has 1 fully saturated rings. The van der Waals surface area contributed by atoms with Crippen molar-refractivity contribution in [2.45, 2.75) is 18.9 Å². The Balaban J connectivity index is 1.90. The van der Waals surface area contributed by atoms with E-state index in [2.05, 4.69) is 32.9 Å². The van der Waals surface area contributed by atoms with E-state index >= 15 is 0 Å². The van der Waals surface area contributed by atoms with Crippen LogP contribution in [0.5, 0.6) is 5.75 Å². The maximum atomic E-state index is 5.74. The maximum Gasteiger partial charge on any atom is 0.151 e. The van der Waals surface area contributed by atoms with Crippen molar-refractivity contribution < 1.29 is 4.74 Å². The average Bonchev–Trinajstić information content (AvgIpc) is 2.63. The minimum Gasteiger partial charge on any atom is -0.489 e. The predicted molar refractivity (Wildman–Crippen MR) is 63.1 cm³/mol. The number of hydrogen-bond donors (Lipinski definition) is 0. The molecule has 1 aliphatic rings.